The maximum absolute atomic E-state index is 11.7. The van der Waals surface area contributed by atoms with Crippen LogP contribution < -0.4 is 0 Å². The average Bonchev–Trinajstić information content (AvgIpc) is 2.01. The Kier molecular flexibility index (Phi) is 7.17. The van der Waals surface area contributed by atoms with Gasteiger partial charge in [0.05, 0.1) is 0 Å². The largest absolute Gasteiger partial charge is 0.303 e. The lowest BCUT2D eigenvalue weighted by atomic mass is 10.9. The van der Waals surface area contributed by atoms with Crippen LogP contribution in [0.3, 0.4) is 0 Å². The number of hydrogen-bond donors (Lipinski definition) is 0. The van der Waals surface area contributed by atoms with Crippen LogP contribution in [-0.2, 0) is 4.57 Å². The molecule has 0 spiro atoms. The summed E-state index contributed by atoms with van der Waals surface area (Å²) in [5, 5.41) is -2.36. The topological polar surface area (TPSA) is 17.1 Å². The quantitative estimate of drug-likeness (QED) is 0.502. The van der Waals surface area contributed by atoms with Gasteiger partial charge in [0.1, 0.15) is 19.9 Å². The van der Waals surface area contributed by atoms with Gasteiger partial charge in [0, 0.05) is 0 Å². The Morgan fingerprint density at radius 3 is 1.15 bits per heavy atom. The Labute approximate surface area is 111 Å². The molecule has 0 saturated carbocycles. The summed E-state index contributed by atoms with van der Waals surface area (Å²) in [4.78, 5) is -2.20. The molecule has 0 rings (SSSR count). The summed E-state index contributed by atoms with van der Waals surface area (Å²) < 4.78 is 11.7. The van der Waals surface area contributed by atoms with Gasteiger partial charge in [-0.3, -0.25) is 0 Å². The van der Waals surface area contributed by atoms with E-state index in [1.807, 2.05) is 0 Å². The third-order valence-corrected chi connectivity index (χ3v) is 9.36. The van der Waals surface area contributed by atoms with Crippen molar-refractivity contribution in [3.05, 3.63) is 0 Å². The van der Waals surface area contributed by atoms with Gasteiger partial charge in [0.2, 0.25) is 6.49 Å². The van der Waals surface area contributed by atoms with E-state index in [4.69, 9.17) is 80.8 Å². The predicted molar refractivity (Wildman–Crippen MR) is 63.7 cm³/mol. The molecule has 80 valence electrons. The van der Waals surface area contributed by atoms with Crippen LogP contribution in [0.15, 0.2) is 0 Å². The van der Waals surface area contributed by atoms with Gasteiger partial charge in [-0.25, -0.2) is 0 Å². The zero-order valence-corrected chi connectivity index (χ0v) is 12.0. The second-order valence-corrected chi connectivity index (χ2v) is 9.86. The van der Waals surface area contributed by atoms with Crippen LogP contribution in [0.1, 0.15) is 0 Å². The van der Waals surface area contributed by atoms with Gasteiger partial charge < -0.3 is 4.57 Å². The summed E-state index contributed by atoms with van der Waals surface area (Å²) in [5.41, 5.74) is 0. The van der Waals surface area contributed by atoms with Gasteiger partial charge in [0.15, 0.2) is 0 Å². The molecular weight excluding hydrogens is 343 g/mol. The van der Waals surface area contributed by atoms with E-state index in [1.54, 1.807) is 0 Å². The molecule has 0 aromatic carbocycles. The third-order valence-electron chi connectivity index (χ3n) is 1.09. The van der Waals surface area contributed by atoms with Crippen molar-refractivity contribution >= 4 is 87.3 Å². The number of hydrogen-bond acceptors (Lipinski definition) is 1. The molecule has 9 heteroatoms. The molecule has 0 heterocycles. The molecule has 0 aliphatic rings. The van der Waals surface area contributed by atoms with Crippen molar-refractivity contribution < 1.29 is 4.57 Å². The maximum atomic E-state index is 11.7. The van der Waals surface area contributed by atoms with Crippen molar-refractivity contribution in [2.45, 2.75) is 19.9 Å². The fourth-order valence-electron chi connectivity index (χ4n) is 0.443. The van der Waals surface area contributed by atoms with Crippen LogP contribution in [0.5, 0.6) is 0 Å². The summed E-state index contributed by atoms with van der Waals surface area (Å²) in [6.45, 7) is -3.51. The molecule has 2 atom stereocenters. The van der Waals surface area contributed by atoms with Crippen LogP contribution in [0.4, 0.5) is 0 Å². The van der Waals surface area contributed by atoms with E-state index in [0.29, 0.717) is 0 Å². The van der Waals surface area contributed by atoms with Gasteiger partial charge in [0.25, 0.3) is 0 Å². The number of rotatable bonds is 4. The molecule has 0 N–H and O–H groups in total. The predicted octanol–water partition coefficient (Wildman–Crippen LogP) is 5.24. The van der Waals surface area contributed by atoms with Crippen molar-refractivity contribution in [1.29, 1.82) is 0 Å². The Morgan fingerprint density at radius 2 is 1.00 bits per heavy atom. The first-order chi connectivity index (χ1) is 5.71. The molecule has 0 radical (unpaired) electrons. The van der Waals surface area contributed by atoms with Crippen LogP contribution in [0.2, 0.25) is 0 Å². The first kappa shape index (κ1) is 15.3. The second-order valence-electron chi connectivity index (χ2n) is 2.04. The van der Waals surface area contributed by atoms with Gasteiger partial charge in [-0.1, -0.05) is 11.2 Å². The lowest BCUT2D eigenvalue weighted by molar-refractivity contribution is 0.581. The molecule has 0 aliphatic heterocycles. The van der Waals surface area contributed by atoms with E-state index in [2.05, 4.69) is 0 Å². The zero-order chi connectivity index (χ0) is 10.8. The van der Waals surface area contributed by atoms with E-state index < -0.39 is 26.4 Å². The summed E-state index contributed by atoms with van der Waals surface area (Å²) in [6.07, 6.45) is 0. The Hall–Kier alpha value is 2.26. The van der Waals surface area contributed by atoms with Crippen LogP contribution >= 0.6 is 87.3 Å². The standard InChI is InChI=1S/C4H4Cl7OP/c5-1(6)3(9)13(11,12)4(10)2(7)8/h1-4H. The molecule has 1 nitrogen and oxygen atoms in total. The molecule has 0 aromatic rings. The van der Waals surface area contributed by atoms with Crippen molar-refractivity contribution in [3.8, 4) is 0 Å². The first-order valence-corrected chi connectivity index (χ1v) is 8.21. The maximum Gasteiger partial charge on any atom is 0.208 e. The fraction of sp³-hybridized carbons (Fsp3) is 1.00. The van der Waals surface area contributed by atoms with E-state index in [1.165, 1.54) is 0 Å². The summed E-state index contributed by atoms with van der Waals surface area (Å²) in [5.74, 6) is 0. The highest BCUT2D eigenvalue weighted by molar-refractivity contribution is 7.92. The van der Waals surface area contributed by atoms with Crippen LogP contribution in [0.25, 0.3) is 0 Å². The fourth-order valence-corrected chi connectivity index (χ4v) is 5.61. The summed E-state index contributed by atoms with van der Waals surface area (Å²) in [6, 6.07) is 0. The number of alkyl halides is 6. The molecular formula is C4H4Cl7OP. The highest BCUT2D eigenvalue weighted by Gasteiger charge is 2.43. The van der Waals surface area contributed by atoms with Crippen LogP contribution in [0, 0.1) is 0 Å². The minimum Gasteiger partial charge on any atom is -0.303 e. The van der Waals surface area contributed by atoms with Gasteiger partial charge in [-0.05, 0) is 0 Å². The highest BCUT2D eigenvalue weighted by Crippen LogP contribution is 2.66. The molecule has 0 bridgehead atoms. The zero-order valence-electron chi connectivity index (χ0n) is 5.81. The van der Waals surface area contributed by atoms with Gasteiger partial charge in [-0.15, -0.1) is 69.6 Å². The van der Waals surface area contributed by atoms with E-state index in [0.717, 1.165) is 0 Å². The normalized spacial score (nSPS) is 21.6. The minimum atomic E-state index is -3.51. The molecule has 13 heavy (non-hydrogen) atoms. The van der Waals surface area contributed by atoms with Crippen molar-refractivity contribution in [2.75, 3.05) is 0 Å². The Morgan fingerprint density at radius 1 is 0.769 bits per heavy atom. The first-order valence-electron chi connectivity index (χ1n) is 2.84. The second kappa shape index (κ2) is 6.11. The lowest BCUT2D eigenvalue weighted by Gasteiger charge is -2.22. The molecule has 0 saturated heterocycles. The smallest absolute Gasteiger partial charge is 0.208 e. The van der Waals surface area contributed by atoms with Crippen molar-refractivity contribution in [3.63, 3.8) is 0 Å². The lowest BCUT2D eigenvalue weighted by Crippen LogP contribution is -2.17. The molecule has 0 aromatic heterocycles. The molecule has 0 aliphatic carbocycles. The average molecular weight is 347 g/mol. The molecule has 0 fully saturated rings. The Balaban J connectivity index is 4.65. The van der Waals surface area contributed by atoms with Crippen LogP contribution in [-0.4, -0.2) is 19.9 Å². The minimum absolute atomic E-state index is 1.10. The number of halogens is 7. The third kappa shape index (κ3) is 4.33. The van der Waals surface area contributed by atoms with Gasteiger partial charge in [-0.2, -0.15) is 0 Å². The van der Waals surface area contributed by atoms with E-state index in [9.17, 15) is 4.57 Å². The van der Waals surface area contributed by atoms with E-state index in [-0.39, 0.29) is 0 Å². The SMILES string of the molecule is O=P(Cl)(C(Cl)C(Cl)Cl)C(Cl)C(Cl)Cl. The molecule has 2 unspecified atom stereocenters. The summed E-state index contributed by atoms with van der Waals surface area (Å²) in [7, 11) is 0. The van der Waals surface area contributed by atoms with Gasteiger partial charge >= 0.3 is 0 Å². The van der Waals surface area contributed by atoms with E-state index >= 15 is 0 Å². The van der Waals surface area contributed by atoms with Crippen molar-refractivity contribution in [2.24, 2.45) is 0 Å². The molecule has 0 amide bonds. The monoisotopic (exact) mass is 344 g/mol. The van der Waals surface area contributed by atoms with Crippen molar-refractivity contribution in [1.82, 2.24) is 0 Å². The Bertz CT molecular complexity index is 189. The summed E-state index contributed by atoms with van der Waals surface area (Å²) >= 11 is 38.3. The highest BCUT2D eigenvalue weighted by atomic mass is 35.7.